The molecule has 0 amide bonds. The Hall–Kier alpha value is -3.63. The number of nitrogen functional groups attached to an aromatic ring is 1. The van der Waals surface area contributed by atoms with Crippen molar-refractivity contribution in [3.05, 3.63) is 53.2 Å². The molecule has 156 valence electrons. The van der Waals surface area contributed by atoms with Gasteiger partial charge in [-0.05, 0) is 31.2 Å². The number of anilines is 4. The molecule has 0 bridgehead atoms. The van der Waals surface area contributed by atoms with Gasteiger partial charge < -0.3 is 16.0 Å². The number of rotatable bonds is 5. The van der Waals surface area contributed by atoms with Gasteiger partial charge in [0.2, 0.25) is 17.8 Å². The van der Waals surface area contributed by atoms with Crippen molar-refractivity contribution in [3.8, 4) is 0 Å². The van der Waals surface area contributed by atoms with E-state index in [0.29, 0.717) is 5.82 Å². The number of nitrogens with zero attached hydrogens (tertiary/aromatic N) is 5. The van der Waals surface area contributed by atoms with Crippen LogP contribution in [0, 0.1) is 11.6 Å². The Labute approximate surface area is 170 Å². The highest BCUT2D eigenvalue weighted by Crippen LogP contribution is 2.37. The summed E-state index contributed by atoms with van der Waals surface area (Å²) >= 11 is 0. The molecule has 30 heavy (non-hydrogen) atoms. The molecule has 1 aromatic carbocycles. The number of hydrogen-bond acceptors (Lipinski definition) is 7. The summed E-state index contributed by atoms with van der Waals surface area (Å²) < 4.78 is 42.3. The quantitative estimate of drug-likeness (QED) is 0.584. The molecule has 0 radical (unpaired) electrons. The fourth-order valence-corrected chi connectivity index (χ4v) is 3.42. The molecule has 1 aliphatic rings. The topological polar surface area (TPSA) is 109 Å². The highest BCUT2D eigenvalue weighted by Gasteiger charge is 2.37. The van der Waals surface area contributed by atoms with E-state index in [-0.39, 0.29) is 36.4 Å². The third kappa shape index (κ3) is 4.04. The number of alkyl halides is 1. The van der Waals surface area contributed by atoms with Gasteiger partial charge >= 0.3 is 0 Å². The third-order valence-electron chi connectivity index (χ3n) is 4.65. The zero-order valence-electron chi connectivity index (χ0n) is 16.0. The van der Waals surface area contributed by atoms with E-state index in [0.717, 1.165) is 23.9 Å². The second-order valence-corrected chi connectivity index (χ2v) is 6.82. The van der Waals surface area contributed by atoms with E-state index in [1.807, 2.05) is 19.1 Å². The van der Waals surface area contributed by atoms with Crippen molar-refractivity contribution in [2.45, 2.75) is 25.6 Å². The molecule has 3 heterocycles. The Morgan fingerprint density at radius 1 is 1.23 bits per heavy atom. The molecule has 3 aromatic rings. The molecular formula is C19H19F3N8. The smallest absolute Gasteiger partial charge is 0.235 e. The predicted octanol–water partition coefficient (Wildman–Crippen LogP) is 3.52. The van der Waals surface area contributed by atoms with E-state index in [4.69, 9.17) is 5.73 Å². The first kappa shape index (κ1) is 19.7. The number of aromatic amines is 1. The van der Waals surface area contributed by atoms with Gasteiger partial charge in [-0.2, -0.15) is 20.1 Å². The number of nitrogens with two attached hydrogens (primary N) is 1. The maximum Gasteiger partial charge on any atom is 0.235 e. The maximum atomic E-state index is 14.3. The Balaban J connectivity index is 1.65. The summed E-state index contributed by atoms with van der Waals surface area (Å²) in [4.78, 5) is 13.8. The molecule has 0 spiro atoms. The van der Waals surface area contributed by atoms with Crippen LogP contribution in [-0.2, 0) is 0 Å². The zero-order chi connectivity index (χ0) is 21.3. The summed E-state index contributed by atoms with van der Waals surface area (Å²) in [7, 11) is 0. The molecule has 8 nitrogen and oxygen atoms in total. The second-order valence-electron chi connectivity index (χ2n) is 6.82. The fourth-order valence-electron chi connectivity index (χ4n) is 3.42. The van der Waals surface area contributed by atoms with Gasteiger partial charge in [0.15, 0.2) is 5.82 Å². The molecule has 1 saturated heterocycles. The highest BCUT2D eigenvalue weighted by atomic mass is 19.1. The van der Waals surface area contributed by atoms with E-state index >= 15 is 0 Å². The lowest BCUT2D eigenvalue weighted by atomic mass is 10.0. The van der Waals surface area contributed by atoms with E-state index < -0.39 is 23.8 Å². The van der Waals surface area contributed by atoms with E-state index in [2.05, 4.69) is 30.5 Å². The first-order chi connectivity index (χ1) is 14.4. The first-order valence-corrected chi connectivity index (χ1v) is 9.25. The van der Waals surface area contributed by atoms with Crippen LogP contribution in [-0.4, -0.2) is 37.9 Å². The minimum Gasteiger partial charge on any atom is -0.368 e. The Morgan fingerprint density at radius 3 is 2.87 bits per heavy atom. The Bertz CT molecular complexity index is 1080. The van der Waals surface area contributed by atoms with Gasteiger partial charge in [-0.15, -0.1) is 0 Å². The monoisotopic (exact) mass is 416 g/mol. The standard InChI is InChI=1S/C19H19F3N8/c1-2-3-12-8-16(29-28-12)24-18-25-17(23)26-19(27-18)30-9-11(21)7-15(30)13-6-10(20)4-5-14(13)22/h2-6,8,11,15H,7,9H2,1H3,(H4,23,24,25,26,27,28,29)/b3-2+. The van der Waals surface area contributed by atoms with Crippen LogP contribution in [0.2, 0.25) is 0 Å². The van der Waals surface area contributed by atoms with Crippen molar-refractivity contribution in [2.24, 2.45) is 0 Å². The van der Waals surface area contributed by atoms with E-state index in [1.165, 1.54) is 4.90 Å². The van der Waals surface area contributed by atoms with Crippen LogP contribution in [0.5, 0.6) is 0 Å². The third-order valence-corrected chi connectivity index (χ3v) is 4.65. The number of halogens is 3. The molecule has 2 aromatic heterocycles. The van der Waals surface area contributed by atoms with Gasteiger partial charge in [0.1, 0.15) is 17.8 Å². The maximum absolute atomic E-state index is 14.3. The van der Waals surface area contributed by atoms with Gasteiger partial charge in [0.05, 0.1) is 18.3 Å². The number of hydrogen-bond donors (Lipinski definition) is 3. The van der Waals surface area contributed by atoms with Crippen LogP contribution in [0.3, 0.4) is 0 Å². The van der Waals surface area contributed by atoms with Crippen molar-refractivity contribution in [1.29, 1.82) is 0 Å². The van der Waals surface area contributed by atoms with Gasteiger partial charge in [-0.25, -0.2) is 13.2 Å². The van der Waals surface area contributed by atoms with Crippen LogP contribution < -0.4 is 16.0 Å². The molecule has 0 aliphatic carbocycles. The molecule has 0 saturated carbocycles. The van der Waals surface area contributed by atoms with Crippen molar-refractivity contribution >= 4 is 29.7 Å². The molecule has 1 fully saturated rings. The number of allylic oxidation sites excluding steroid dienone is 1. The van der Waals surface area contributed by atoms with Crippen molar-refractivity contribution in [3.63, 3.8) is 0 Å². The minimum atomic E-state index is -1.26. The van der Waals surface area contributed by atoms with Crippen LogP contribution in [0.4, 0.5) is 36.8 Å². The SMILES string of the molecule is C/C=C/c1cc(Nc2nc(N)nc(N3CC(F)CC3c3cc(F)ccc3F)n2)n[nH]1. The van der Waals surface area contributed by atoms with Gasteiger partial charge in [-0.1, -0.05) is 6.08 Å². The molecule has 2 unspecified atom stereocenters. The summed E-state index contributed by atoms with van der Waals surface area (Å²) in [6.07, 6.45) is 2.39. The lowest BCUT2D eigenvalue weighted by Crippen LogP contribution is -2.27. The average Bonchev–Trinajstić information content (AvgIpc) is 3.30. The summed E-state index contributed by atoms with van der Waals surface area (Å²) in [6, 6.07) is 4.04. The number of aromatic nitrogens is 5. The summed E-state index contributed by atoms with van der Waals surface area (Å²) in [6.45, 7) is 1.79. The van der Waals surface area contributed by atoms with Crippen molar-refractivity contribution in [2.75, 3.05) is 22.5 Å². The lowest BCUT2D eigenvalue weighted by Gasteiger charge is -2.25. The van der Waals surface area contributed by atoms with Gasteiger partial charge in [-0.3, -0.25) is 5.10 Å². The second kappa shape index (κ2) is 8.01. The van der Waals surface area contributed by atoms with Crippen LogP contribution in [0.1, 0.15) is 30.6 Å². The number of H-pyrrole nitrogens is 1. The lowest BCUT2D eigenvalue weighted by molar-refractivity contribution is 0.355. The summed E-state index contributed by atoms with van der Waals surface area (Å²) in [5.74, 6) is -0.750. The van der Waals surface area contributed by atoms with Crippen LogP contribution >= 0.6 is 0 Å². The van der Waals surface area contributed by atoms with Gasteiger partial charge in [0, 0.05) is 18.1 Å². The average molecular weight is 416 g/mol. The Morgan fingerprint density at radius 2 is 2.07 bits per heavy atom. The normalized spacial score (nSPS) is 19.0. The Kier molecular flexibility index (Phi) is 5.25. The predicted molar refractivity (Wildman–Crippen MR) is 107 cm³/mol. The summed E-state index contributed by atoms with van der Waals surface area (Å²) in [5.41, 5.74) is 6.61. The van der Waals surface area contributed by atoms with Crippen LogP contribution in [0.25, 0.3) is 6.08 Å². The molecular weight excluding hydrogens is 397 g/mol. The minimum absolute atomic E-state index is 0.0270. The van der Waals surface area contributed by atoms with Crippen molar-refractivity contribution < 1.29 is 13.2 Å². The van der Waals surface area contributed by atoms with E-state index in [1.54, 1.807) is 6.07 Å². The van der Waals surface area contributed by atoms with Gasteiger partial charge in [0.25, 0.3) is 0 Å². The summed E-state index contributed by atoms with van der Waals surface area (Å²) in [5, 5.41) is 9.81. The van der Waals surface area contributed by atoms with Crippen molar-refractivity contribution in [1.82, 2.24) is 25.1 Å². The number of nitrogens with one attached hydrogen (secondary N) is 2. The largest absolute Gasteiger partial charge is 0.368 e. The molecule has 2 atom stereocenters. The number of benzene rings is 1. The molecule has 4 rings (SSSR count). The van der Waals surface area contributed by atoms with Crippen LogP contribution in [0.15, 0.2) is 30.3 Å². The molecule has 4 N–H and O–H groups in total. The zero-order valence-corrected chi connectivity index (χ0v) is 16.0. The molecule has 11 heteroatoms. The fraction of sp³-hybridized carbons (Fsp3) is 0.263. The first-order valence-electron chi connectivity index (χ1n) is 9.25. The highest BCUT2D eigenvalue weighted by molar-refractivity contribution is 5.56. The molecule has 1 aliphatic heterocycles. The van der Waals surface area contributed by atoms with E-state index in [9.17, 15) is 13.2 Å².